The summed E-state index contributed by atoms with van der Waals surface area (Å²) >= 11 is 0. The number of nitrogens with one attached hydrogen (secondary N) is 1. The number of hydrogen-bond acceptors (Lipinski definition) is 2. The molecule has 3 unspecified atom stereocenters. The number of benzene rings is 1. The van der Waals surface area contributed by atoms with Crippen molar-refractivity contribution in [2.24, 2.45) is 5.92 Å². The van der Waals surface area contributed by atoms with Crippen LogP contribution >= 0.6 is 0 Å². The third kappa shape index (κ3) is 4.96. The van der Waals surface area contributed by atoms with E-state index in [4.69, 9.17) is 4.74 Å². The van der Waals surface area contributed by atoms with E-state index in [0.29, 0.717) is 12.0 Å². The van der Waals surface area contributed by atoms with Gasteiger partial charge in [0, 0.05) is 12.6 Å². The van der Waals surface area contributed by atoms with Gasteiger partial charge in [0.25, 0.3) is 0 Å². The van der Waals surface area contributed by atoms with Gasteiger partial charge in [-0.1, -0.05) is 57.5 Å². The molecule has 0 fully saturated rings. The van der Waals surface area contributed by atoms with E-state index < -0.39 is 0 Å². The molecule has 0 aliphatic rings. The fourth-order valence-electron chi connectivity index (χ4n) is 2.71. The minimum absolute atomic E-state index is 0.146. The van der Waals surface area contributed by atoms with Crippen molar-refractivity contribution < 1.29 is 4.74 Å². The summed E-state index contributed by atoms with van der Waals surface area (Å²) in [5, 5.41) is 3.63. The van der Waals surface area contributed by atoms with Gasteiger partial charge in [-0.15, -0.1) is 0 Å². The van der Waals surface area contributed by atoms with Crippen LogP contribution in [-0.4, -0.2) is 19.2 Å². The Bertz CT molecular complexity index is 325. The molecule has 0 heterocycles. The average Bonchev–Trinajstić information content (AvgIpc) is 2.44. The highest BCUT2D eigenvalue weighted by atomic mass is 16.5. The number of ether oxygens (including phenoxy) is 1. The van der Waals surface area contributed by atoms with Gasteiger partial charge < -0.3 is 10.1 Å². The van der Waals surface area contributed by atoms with E-state index in [1.807, 2.05) is 0 Å². The van der Waals surface area contributed by atoms with Crippen LogP contribution in [0.1, 0.15) is 52.2 Å². The molecule has 2 heteroatoms. The lowest BCUT2D eigenvalue weighted by Gasteiger charge is -2.32. The van der Waals surface area contributed by atoms with Gasteiger partial charge in [0.1, 0.15) is 0 Å². The Kier molecular flexibility index (Phi) is 7.76. The van der Waals surface area contributed by atoms with Crippen LogP contribution in [0.25, 0.3) is 0 Å². The van der Waals surface area contributed by atoms with Gasteiger partial charge in [0.2, 0.25) is 0 Å². The molecule has 0 saturated heterocycles. The van der Waals surface area contributed by atoms with Gasteiger partial charge in [-0.3, -0.25) is 0 Å². The quantitative estimate of drug-likeness (QED) is 0.721. The highest BCUT2D eigenvalue weighted by molar-refractivity contribution is 5.19. The van der Waals surface area contributed by atoms with Crippen LogP contribution in [0.3, 0.4) is 0 Å². The van der Waals surface area contributed by atoms with E-state index in [2.05, 4.69) is 63.3 Å². The van der Waals surface area contributed by atoms with Gasteiger partial charge in [-0.25, -0.2) is 0 Å². The Morgan fingerprint density at radius 2 is 1.79 bits per heavy atom. The van der Waals surface area contributed by atoms with E-state index in [0.717, 1.165) is 13.2 Å². The molecule has 1 rings (SSSR count). The van der Waals surface area contributed by atoms with Gasteiger partial charge in [-0.2, -0.15) is 0 Å². The van der Waals surface area contributed by atoms with Crippen LogP contribution in [0.4, 0.5) is 0 Å². The zero-order valence-electron chi connectivity index (χ0n) is 12.9. The third-order valence-corrected chi connectivity index (χ3v) is 3.60. The SMILES string of the molecule is CCCC(C)C(NCC)C(OCC)c1ccccc1. The Morgan fingerprint density at radius 1 is 1.11 bits per heavy atom. The molecule has 0 aromatic heterocycles. The molecule has 1 N–H and O–H groups in total. The molecule has 0 aliphatic carbocycles. The molecule has 1 aromatic carbocycles. The molecule has 0 bridgehead atoms. The van der Waals surface area contributed by atoms with E-state index in [9.17, 15) is 0 Å². The molecule has 0 aliphatic heterocycles. The Balaban J connectivity index is 2.91. The molecule has 0 saturated carbocycles. The smallest absolute Gasteiger partial charge is 0.0980 e. The second kappa shape index (κ2) is 9.11. The maximum Gasteiger partial charge on any atom is 0.0980 e. The number of likely N-dealkylation sites (N-methyl/N-ethyl adjacent to an activating group) is 1. The normalized spacial score (nSPS) is 16.0. The van der Waals surface area contributed by atoms with Crippen LogP contribution in [0.2, 0.25) is 0 Å². The highest BCUT2D eigenvalue weighted by Gasteiger charge is 2.27. The summed E-state index contributed by atoms with van der Waals surface area (Å²) in [4.78, 5) is 0. The van der Waals surface area contributed by atoms with Crippen molar-refractivity contribution in [3.05, 3.63) is 35.9 Å². The van der Waals surface area contributed by atoms with Crippen molar-refractivity contribution in [3.63, 3.8) is 0 Å². The van der Waals surface area contributed by atoms with E-state index in [1.54, 1.807) is 0 Å². The summed E-state index contributed by atoms with van der Waals surface area (Å²) in [6.45, 7) is 10.5. The maximum absolute atomic E-state index is 6.05. The van der Waals surface area contributed by atoms with Crippen molar-refractivity contribution >= 4 is 0 Å². The zero-order valence-corrected chi connectivity index (χ0v) is 12.9. The van der Waals surface area contributed by atoms with Crippen LogP contribution in [0, 0.1) is 5.92 Å². The average molecular weight is 263 g/mol. The monoisotopic (exact) mass is 263 g/mol. The molecule has 0 spiro atoms. The largest absolute Gasteiger partial charge is 0.372 e. The van der Waals surface area contributed by atoms with E-state index in [1.165, 1.54) is 18.4 Å². The Labute approximate surface area is 118 Å². The summed E-state index contributed by atoms with van der Waals surface area (Å²) < 4.78 is 6.05. The van der Waals surface area contributed by atoms with Crippen LogP contribution in [0.5, 0.6) is 0 Å². The minimum atomic E-state index is 0.146. The van der Waals surface area contributed by atoms with E-state index >= 15 is 0 Å². The number of rotatable bonds is 9. The Morgan fingerprint density at radius 3 is 2.32 bits per heavy atom. The van der Waals surface area contributed by atoms with Gasteiger partial charge >= 0.3 is 0 Å². The van der Waals surface area contributed by atoms with Crippen LogP contribution < -0.4 is 5.32 Å². The van der Waals surface area contributed by atoms with E-state index in [-0.39, 0.29) is 6.10 Å². The van der Waals surface area contributed by atoms with Crippen LogP contribution in [0.15, 0.2) is 30.3 Å². The highest BCUT2D eigenvalue weighted by Crippen LogP contribution is 2.28. The predicted octanol–water partition coefficient (Wildman–Crippen LogP) is 4.18. The summed E-state index contributed by atoms with van der Waals surface area (Å²) in [5.74, 6) is 0.613. The van der Waals surface area contributed by atoms with Crippen molar-refractivity contribution in [1.82, 2.24) is 5.32 Å². The molecule has 19 heavy (non-hydrogen) atoms. The lowest BCUT2D eigenvalue weighted by molar-refractivity contribution is 0.0173. The summed E-state index contributed by atoms with van der Waals surface area (Å²) in [7, 11) is 0. The van der Waals surface area contributed by atoms with Crippen molar-refractivity contribution in [3.8, 4) is 0 Å². The zero-order chi connectivity index (χ0) is 14.1. The summed E-state index contributed by atoms with van der Waals surface area (Å²) in [6.07, 6.45) is 2.60. The fraction of sp³-hybridized carbons (Fsp3) is 0.647. The van der Waals surface area contributed by atoms with Gasteiger partial charge in [-0.05, 0) is 31.4 Å². The first-order valence-electron chi connectivity index (χ1n) is 7.64. The second-order valence-corrected chi connectivity index (χ2v) is 5.14. The lowest BCUT2D eigenvalue weighted by atomic mass is 9.89. The summed E-state index contributed by atoms with van der Waals surface area (Å²) in [6, 6.07) is 11.0. The lowest BCUT2D eigenvalue weighted by Crippen LogP contribution is -2.41. The molecule has 108 valence electrons. The molecule has 3 atom stereocenters. The standard InChI is InChI=1S/C17H29NO/c1-5-11-14(4)16(18-6-2)17(19-7-3)15-12-9-8-10-13-15/h8-10,12-14,16-18H,5-7,11H2,1-4H3. The molecule has 1 aromatic rings. The topological polar surface area (TPSA) is 21.3 Å². The Hall–Kier alpha value is -0.860. The minimum Gasteiger partial charge on any atom is -0.372 e. The molecular formula is C17H29NO. The molecule has 2 nitrogen and oxygen atoms in total. The molecule has 0 radical (unpaired) electrons. The predicted molar refractivity (Wildman–Crippen MR) is 82.3 cm³/mol. The third-order valence-electron chi connectivity index (χ3n) is 3.60. The molecule has 0 amide bonds. The molecular weight excluding hydrogens is 234 g/mol. The number of hydrogen-bond donors (Lipinski definition) is 1. The second-order valence-electron chi connectivity index (χ2n) is 5.14. The first-order chi connectivity index (χ1) is 9.24. The van der Waals surface area contributed by atoms with Gasteiger partial charge in [0.05, 0.1) is 6.10 Å². The first kappa shape index (κ1) is 16.2. The summed E-state index contributed by atoms with van der Waals surface area (Å²) in [5.41, 5.74) is 1.28. The van der Waals surface area contributed by atoms with Crippen molar-refractivity contribution in [2.45, 2.75) is 52.7 Å². The van der Waals surface area contributed by atoms with Crippen molar-refractivity contribution in [2.75, 3.05) is 13.2 Å². The van der Waals surface area contributed by atoms with Crippen LogP contribution in [-0.2, 0) is 4.74 Å². The van der Waals surface area contributed by atoms with Gasteiger partial charge in [0.15, 0.2) is 0 Å². The van der Waals surface area contributed by atoms with Crippen molar-refractivity contribution in [1.29, 1.82) is 0 Å². The first-order valence-corrected chi connectivity index (χ1v) is 7.64. The fourth-order valence-corrected chi connectivity index (χ4v) is 2.71. The maximum atomic E-state index is 6.05.